The summed E-state index contributed by atoms with van der Waals surface area (Å²) >= 11 is 0. The lowest BCUT2D eigenvalue weighted by molar-refractivity contribution is 0.0665. The molecular formula is C13H13NO3. The van der Waals surface area contributed by atoms with Crippen LogP contribution >= 0.6 is 0 Å². The van der Waals surface area contributed by atoms with E-state index in [0.717, 1.165) is 36.0 Å². The van der Waals surface area contributed by atoms with Crippen LogP contribution in [0.5, 0.6) is 0 Å². The number of carboxylic acids is 1. The molecular weight excluding hydrogens is 218 g/mol. The van der Waals surface area contributed by atoms with Crippen LogP contribution in [-0.4, -0.2) is 24.2 Å². The molecule has 1 aromatic heterocycles. The number of carboxylic acid groups (broad SMARTS) is 1. The zero-order valence-corrected chi connectivity index (χ0v) is 9.27. The molecule has 1 atom stereocenters. The van der Waals surface area contributed by atoms with E-state index in [-0.39, 0.29) is 5.76 Å². The van der Waals surface area contributed by atoms with E-state index < -0.39 is 5.97 Å². The highest BCUT2D eigenvalue weighted by atomic mass is 16.4. The standard InChI is InChI=1S/C13H13NO3/c15-13(16)11-6-8-2-1-3-10(12(8)17-11)9-4-5-14-7-9/h1-3,6,9,14H,4-5,7H2,(H,15,16). The van der Waals surface area contributed by atoms with Gasteiger partial charge in [-0.05, 0) is 24.6 Å². The van der Waals surface area contributed by atoms with Crippen LogP contribution in [0.3, 0.4) is 0 Å². The van der Waals surface area contributed by atoms with Gasteiger partial charge in [-0.2, -0.15) is 0 Å². The molecule has 0 bridgehead atoms. The SMILES string of the molecule is O=C(O)c1cc2cccc(C3CCNC3)c2o1. The molecule has 88 valence electrons. The third-order valence-electron chi connectivity index (χ3n) is 3.29. The van der Waals surface area contributed by atoms with Gasteiger partial charge in [0.2, 0.25) is 5.76 Å². The highest BCUT2D eigenvalue weighted by Crippen LogP contribution is 2.31. The van der Waals surface area contributed by atoms with E-state index in [4.69, 9.17) is 9.52 Å². The van der Waals surface area contributed by atoms with Crippen LogP contribution in [-0.2, 0) is 0 Å². The van der Waals surface area contributed by atoms with Crippen molar-refractivity contribution in [2.45, 2.75) is 12.3 Å². The number of aromatic carboxylic acids is 1. The van der Waals surface area contributed by atoms with Crippen molar-refractivity contribution in [3.05, 3.63) is 35.6 Å². The summed E-state index contributed by atoms with van der Waals surface area (Å²) in [5, 5.41) is 13.1. The van der Waals surface area contributed by atoms with Gasteiger partial charge in [0.1, 0.15) is 5.58 Å². The molecule has 4 heteroatoms. The minimum Gasteiger partial charge on any atom is -0.475 e. The molecule has 1 aromatic carbocycles. The Bertz CT molecular complexity index is 567. The normalized spacial score (nSPS) is 19.9. The Labute approximate surface area is 98.2 Å². The Morgan fingerprint density at radius 3 is 3.06 bits per heavy atom. The second-order valence-corrected chi connectivity index (χ2v) is 4.37. The number of hydrogen-bond acceptors (Lipinski definition) is 3. The molecule has 2 N–H and O–H groups in total. The molecule has 3 rings (SSSR count). The molecule has 0 saturated carbocycles. The van der Waals surface area contributed by atoms with Crippen molar-refractivity contribution < 1.29 is 14.3 Å². The van der Waals surface area contributed by atoms with E-state index in [2.05, 4.69) is 5.32 Å². The van der Waals surface area contributed by atoms with Crippen molar-refractivity contribution in [1.29, 1.82) is 0 Å². The van der Waals surface area contributed by atoms with E-state index in [0.29, 0.717) is 5.92 Å². The van der Waals surface area contributed by atoms with E-state index >= 15 is 0 Å². The Kier molecular flexibility index (Phi) is 2.37. The number of nitrogens with one attached hydrogen (secondary N) is 1. The zero-order chi connectivity index (χ0) is 11.8. The average molecular weight is 231 g/mol. The highest BCUT2D eigenvalue weighted by molar-refractivity contribution is 5.92. The predicted octanol–water partition coefficient (Wildman–Crippen LogP) is 2.21. The van der Waals surface area contributed by atoms with Gasteiger partial charge in [-0.25, -0.2) is 4.79 Å². The van der Waals surface area contributed by atoms with Crippen LogP contribution in [0.4, 0.5) is 0 Å². The number of fused-ring (bicyclic) bond motifs is 1. The number of rotatable bonds is 2. The molecule has 4 nitrogen and oxygen atoms in total. The summed E-state index contributed by atoms with van der Waals surface area (Å²) in [5.74, 6) is -0.582. The van der Waals surface area contributed by atoms with Gasteiger partial charge in [0.15, 0.2) is 0 Å². The number of benzene rings is 1. The maximum absolute atomic E-state index is 10.9. The molecule has 0 aliphatic carbocycles. The monoisotopic (exact) mass is 231 g/mol. The Morgan fingerprint density at radius 2 is 2.35 bits per heavy atom. The van der Waals surface area contributed by atoms with E-state index in [9.17, 15) is 4.79 Å². The first-order valence-corrected chi connectivity index (χ1v) is 5.72. The maximum Gasteiger partial charge on any atom is 0.371 e. The summed E-state index contributed by atoms with van der Waals surface area (Å²) in [5.41, 5.74) is 1.83. The van der Waals surface area contributed by atoms with E-state index in [1.165, 1.54) is 0 Å². The molecule has 1 unspecified atom stereocenters. The fraction of sp³-hybridized carbons (Fsp3) is 0.308. The second kappa shape index (κ2) is 3.89. The summed E-state index contributed by atoms with van der Waals surface area (Å²) in [4.78, 5) is 10.9. The maximum atomic E-state index is 10.9. The van der Waals surface area contributed by atoms with Gasteiger partial charge >= 0.3 is 5.97 Å². The van der Waals surface area contributed by atoms with Crippen molar-refractivity contribution in [3.8, 4) is 0 Å². The first-order valence-electron chi connectivity index (χ1n) is 5.72. The lowest BCUT2D eigenvalue weighted by Crippen LogP contribution is -2.07. The molecule has 1 aliphatic rings. The van der Waals surface area contributed by atoms with Gasteiger partial charge in [-0.1, -0.05) is 18.2 Å². The second-order valence-electron chi connectivity index (χ2n) is 4.37. The van der Waals surface area contributed by atoms with Crippen LogP contribution in [0.1, 0.15) is 28.5 Å². The molecule has 2 heterocycles. The summed E-state index contributed by atoms with van der Waals surface area (Å²) in [7, 11) is 0. The molecule has 1 saturated heterocycles. The van der Waals surface area contributed by atoms with Crippen LogP contribution in [0.2, 0.25) is 0 Å². The molecule has 17 heavy (non-hydrogen) atoms. The quantitative estimate of drug-likeness (QED) is 0.831. The highest BCUT2D eigenvalue weighted by Gasteiger charge is 2.21. The lowest BCUT2D eigenvalue weighted by Gasteiger charge is -2.08. The smallest absolute Gasteiger partial charge is 0.371 e. The largest absolute Gasteiger partial charge is 0.475 e. The van der Waals surface area contributed by atoms with Crippen LogP contribution in [0.25, 0.3) is 11.0 Å². The fourth-order valence-corrected chi connectivity index (χ4v) is 2.43. The number of carbonyl (C=O) groups is 1. The molecule has 1 fully saturated rings. The summed E-state index contributed by atoms with van der Waals surface area (Å²) in [6, 6.07) is 7.45. The molecule has 1 aliphatic heterocycles. The Hall–Kier alpha value is -1.81. The molecule has 2 aromatic rings. The predicted molar refractivity (Wildman–Crippen MR) is 63.4 cm³/mol. The molecule has 0 spiro atoms. The van der Waals surface area contributed by atoms with Crippen molar-refractivity contribution >= 4 is 16.9 Å². The number of furan rings is 1. The van der Waals surface area contributed by atoms with Crippen molar-refractivity contribution in [2.75, 3.05) is 13.1 Å². The Morgan fingerprint density at radius 1 is 1.47 bits per heavy atom. The summed E-state index contributed by atoms with van der Waals surface area (Å²) in [6.45, 7) is 1.94. The lowest BCUT2D eigenvalue weighted by atomic mass is 9.97. The van der Waals surface area contributed by atoms with E-state index in [1.54, 1.807) is 6.07 Å². The van der Waals surface area contributed by atoms with Crippen molar-refractivity contribution in [3.63, 3.8) is 0 Å². The zero-order valence-electron chi connectivity index (χ0n) is 9.27. The summed E-state index contributed by atoms with van der Waals surface area (Å²) < 4.78 is 5.45. The van der Waals surface area contributed by atoms with Crippen molar-refractivity contribution in [1.82, 2.24) is 5.32 Å². The van der Waals surface area contributed by atoms with Gasteiger partial charge in [0.25, 0.3) is 0 Å². The van der Waals surface area contributed by atoms with Crippen LogP contribution < -0.4 is 5.32 Å². The van der Waals surface area contributed by atoms with Gasteiger partial charge in [-0.15, -0.1) is 0 Å². The number of hydrogen-bond donors (Lipinski definition) is 2. The van der Waals surface area contributed by atoms with Gasteiger partial charge in [0, 0.05) is 17.8 Å². The molecule has 0 radical (unpaired) electrons. The Balaban J connectivity index is 2.14. The van der Waals surface area contributed by atoms with Gasteiger partial charge < -0.3 is 14.8 Å². The first kappa shape index (κ1) is 10.4. The number of para-hydroxylation sites is 1. The minimum absolute atomic E-state index is 0.0124. The molecule has 0 amide bonds. The third-order valence-corrected chi connectivity index (χ3v) is 3.29. The van der Waals surface area contributed by atoms with Crippen LogP contribution in [0, 0.1) is 0 Å². The van der Waals surface area contributed by atoms with Crippen LogP contribution in [0.15, 0.2) is 28.7 Å². The topological polar surface area (TPSA) is 62.5 Å². The minimum atomic E-state index is -1.02. The first-order chi connectivity index (χ1) is 8.25. The van der Waals surface area contributed by atoms with Gasteiger partial charge in [-0.3, -0.25) is 0 Å². The van der Waals surface area contributed by atoms with E-state index in [1.807, 2.05) is 18.2 Å². The summed E-state index contributed by atoms with van der Waals surface area (Å²) in [6.07, 6.45) is 1.07. The fourth-order valence-electron chi connectivity index (χ4n) is 2.43. The van der Waals surface area contributed by atoms with Crippen molar-refractivity contribution in [2.24, 2.45) is 0 Å². The van der Waals surface area contributed by atoms with Gasteiger partial charge in [0.05, 0.1) is 0 Å². The average Bonchev–Trinajstić information content (AvgIpc) is 2.97. The third kappa shape index (κ3) is 1.70.